The van der Waals surface area contributed by atoms with Crippen LogP contribution in [0.1, 0.15) is 57.4 Å². The monoisotopic (exact) mass is 430 g/mol. The Labute approximate surface area is 210 Å². The van der Waals surface area contributed by atoms with Crippen LogP contribution in [0.3, 0.4) is 0 Å². The largest absolute Gasteiger partial charge is 1.00 e. The molecule has 0 aliphatic rings. The fourth-order valence-electron chi connectivity index (χ4n) is 2.93. The number of unbranched alkanes of at least 4 members (excludes halogenated alkanes) is 6. The van der Waals surface area contributed by atoms with E-state index in [1.165, 1.54) is 56.4 Å². The molecule has 2 aromatic rings. The molecular weight excluding hydrogens is 403 g/mol. The molecular formula is C21H27KO5S. The topological polar surface area (TPSA) is 86.7 Å². The number of ether oxygens (including phenoxy) is 1. The van der Waals surface area contributed by atoms with E-state index in [9.17, 15) is 18.1 Å². The van der Waals surface area contributed by atoms with E-state index < -0.39 is 10.1 Å². The van der Waals surface area contributed by atoms with Gasteiger partial charge in [-0.3, -0.25) is 4.55 Å². The van der Waals surface area contributed by atoms with Gasteiger partial charge in [-0.2, -0.15) is 8.42 Å². The van der Waals surface area contributed by atoms with Crippen LogP contribution in [0, 0.1) is 0 Å². The number of benzene rings is 2. The van der Waals surface area contributed by atoms with E-state index in [1.54, 1.807) is 18.2 Å². The van der Waals surface area contributed by atoms with E-state index in [0.29, 0.717) is 11.5 Å². The minimum Gasteiger partial charge on any atom is -0.872 e. The summed E-state index contributed by atoms with van der Waals surface area (Å²) >= 11 is 0. The molecule has 0 spiro atoms. The summed E-state index contributed by atoms with van der Waals surface area (Å²) in [6.07, 6.45) is 8.98. The molecule has 0 atom stereocenters. The number of hydrogen-bond donors (Lipinski definition) is 1. The molecule has 0 aliphatic heterocycles. The van der Waals surface area contributed by atoms with Gasteiger partial charge in [-0.1, -0.05) is 63.6 Å². The average molecular weight is 431 g/mol. The maximum Gasteiger partial charge on any atom is 1.00 e. The molecule has 0 heterocycles. The molecule has 0 aliphatic carbocycles. The summed E-state index contributed by atoms with van der Waals surface area (Å²) in [7, 11) is -4.32. The maximum absolute atomic E-state index is 11.5. The molecule has 0 unspecified atom stereocenters. The first kappa shape index (κ1) is 25.6. The van der Waals surface area contributed by atoms with Crippen LogP contribution in [0.4, 0.5) is 0 Å². The minimum atomic E-state index is -4.32. The second-order valence-corrected chi connectivity index (χ2v) is 8.11. The van der Waals surface area contributed by atoms with Gasteiger partial charge in [0.25, 0.3) is 10.1 Å². The Morgan fingerprint density at radius 3 is 2.29 bits per heavy atom. The zero-order valence-corrected chi connectivity index (χ0v) is 20.6. The number of aryl methyl sites for hydroxylation is 1. The van der Waals surface area contributed by atoms with Crippen molar-refractivity contribution in [2.24, 2.45) is 0 Å². The molecule has 0 aromatic heterocycles. The molecule has 0 radical (unpaired) electrons. The Kier molecular flexibility index (Phi) is 11.9. The Morgan fingerprint density at radius 1 is 0.964 bits per heavy atom. The van der Waals surface area contributed by atoms with Crippen molar-refractivity contribution in [3.63, 3.8) is 0 Å². The van der Waals surface area contributed by atoms with Crippen LogP contribution in [0.5, 0.6) is 17.2 Å². The quantitative estimate of drug-likeness (QED) is 0.335. The minimum absolute atomic E-state index is 0. The fraction of sp³-hybridized carbons (Fsp3) is 0.429. The predicted molar refractivity (Wildman–Crippen MR) is 104 cm³/mol. The number of hydrogen-bond acceptors (Lipinski definition) is 4. The van der Waals surface area contributed by atoms with E-state index in [0.717, 1.165) is 24.8 Å². The van der Waals surface area contributed by atoms with Crippen molar-refractivity contribution in [2.75, 3.05) is 0 Å². The molecule has 0 amide bonds. The van der Waals surface area contributed by atoms with Crippen LogP contribution in [0.25, 0.3) is 0 Å². The van der Waals surface area contributed by atoms with Crippen molar-refractivity contribution in [3.05, 3.63) is 48.0 Å². The van der Waals surface area contributed by atoms with Crippen LogP contribution < -0.4 is 61.2 Å². The van der Waals surface area contributed by atoms with Crippen LogP contribution in [0.2, 0.25) is 0 Å². The van der Waals surface area contributed by atoms with Gasteiger partial charge in [0.05, 0.1) is 4.90 Å². The average Bonchev–Trinajstić information content (AvgIpc) is 2.61. The maximum atomic E-state index is 11.5. The van der Waals surface area contributed by atoms with Crippen molar-refractivity contribution in [1.82, 2.24) is 0 Å². The predicted octanol–water partition coefficient (Wildman–Crippen LogP) is 2.10. The van der Waals surface area contributed by atoms with E-state index in [-0.39, 0.29) is 62.0 Å². The summed E-state index contributed by atoms with van der Waals surface area (Å²) in [4.78, 5) is -0.223. The van der Waals surface area contributed by atoms with Crippen LogP contribution in [-0.2, 0) is 16.5 Å². The first-order valence-corrected chi connectivity index (χ1v) is 10.9. The molecule has 148 valence electrons. The summed E-state index contributed by atoms with van der Waals surface area (Å²) in [6, 6.07) is 10.3. The van der Waals surface area contributed by atoms with Crippen LogP contribution in [0.15, 0.2) is 47.4 Å². The third-order valence-electron chi connectivity index (χ3n) is 4.42. The third-order valence-corrected chi connectivity index (χ3v) is 5.27. The molecule has 1 N–H and O–H groups in total. The van der Waals surface area contributed by atoms with Gasteiger partial charge in [-0.05, 0) is 36.6 Å². The Morgan fingerprint density at radius 2 is 1.64 bits per heavy atom. The van der Waals surface area contributed by atoms with Gasteiger partial charge in [-0.15, -0.1) is 5.75 Å². The summed E-state index contributed by atoms with van der Waals surface area (Å²) < 4.78 is 37.9. The van der Waals surface area contributed by atoms with Gasteiger partial charge in [0.1, 0.15) is 11.5 Å². The Bertz CT molecular complexity index is 836. The van der Waals surface area contributed by atoms with Crippen molar-refractivity contribution in [3.8, 4) is 17.2 Å². The van der Waals surface area contributed by atoms with Crippen molar-refractivity contribution in [1.29, 1.82) is 0 Å². The zero-order chi connectivity index (χ0) is 19.7. The summed E-state index contributed by atoms with van der Waals surface area (Å²) in [6.45, 7) is 2.19. The van der Waals surface area contributed by atoms with Crippen LogP contribution >= 0.6 is 0 Å². The molecule has 28 heavy (non-hydrogen) atoms. The van der Waals surface area contributed by atoms with E-state index in [1.807, 2.05) is 0 Å². The van der Waals surface area contributed by atoms with E-state index >= 15 is 0 Å². The fourth-order valence-corrected chi connectivity index (χ4v) is 3.43. The normalized spacial score (nSPS) is 11.1. The SMILES string of the molecule is CCCCCCCCCc1ccc(S(=O)(=O)O)cc1Oc1cccc([O-])c1.[K+]. The molecule has 0 fully saturated rings. The molecule has 7 heteroatoms. The Hall–Kier alpha value is -0.414. The molecule has 2 aromatic carbocycles. The third kappa shape index (κ3) is 8.94. The smallest absolute Gasteiger partial charge is 0.872 e. The second kappa shape index (κ2) is 13.0. The number of rotatable bonds is 11. The summed E-state index contributed by atoms with van der Waals surface area (Å²) in [5.74, 6) is 0.504. The van der Waals surface area contributed by atoms with Gasteiger partial charge >= 0.3 is 51.4 Å². The van der Waals surface area contributed by atoms with Crippen molar-refractivity contribution >= 4 is 10.1 Å². The Balaban J connectivity index is 0.00000392. The van der Waals surface area contributed by atoms with Crippen molar-refractivity contribution < 1.29 is 74.2 Å². The van der Waals surface area contributed by atoms with E-state index in [2.05, 4.69) is 6.92 Å². The molecule has 0 saturated heterocycles. The molecule has 0 saturated carbocycles. The second-order valence-electron chi connectivity index (χ2n) is 6.69. The van der Waals surface area contributed by atoms with Gasteiger partial charge in [0.15, 0.2) is 0 Å². The van der Waals surface area contributed by atoms with Gasteiger partial charge < -0.3 is 9.84 Å². The van der Waals surface area contributed by atoms with E-state index in [4.69, 9.17) is 4.74 Å². The summed E-state index contributed by atoms with van der Waals surface area (Å²) in [5, 5.41) is 11.5. The standard InChI is InChI=1S/C21H28O5S.K/c1-2-3-4-5-6-7-8-10-17-13-14-20(27(23,24)25)16-21(17)26-19-12-9-11-18(22)15-19;/h9,11-16,22H,2-8,10H2,1H3,(H,23,24,25);/q;+1/p-1. The molecule has 2 rings (SSSR count). The van der Waals surface area contributed by atoms with Gasteiger partial charge in [0.2, 0.25) is 0 Å². The zero-order valence-electron chi connectivity index (χ0n) is 16.7. The summed E-state index contributed by atoms with van der Waals surface area (Å²) in [5.41, 5.74) is 0.854. The molecule has 0 bridgehead atoms. The first-order chi connectivity index (χ1) is 12.9. The van der Waals surface area contributed by atoms with Crippen LogP contribution in [-0.4, -0.2) is 13.0 Å². The van der Waals surface area contributed by atoms with Gasteiger partial charge in [0, 0.05) is 6.07 Å². The first-order valence-electron chi connectivity index (χ1n) is 9.45. The molecule has 5 nitrogen and oxygen atoms in total. The van der Waals surface area contributed by atoms with Gasteiger partial charge in [-0.25, -0.2) is 0 Å². The van der Waals surface area contributed by atoms with Crippen molar-refractivity contribution in [2.45, 2.75) is 63.2 Å².